The normalized spacial score (nSPS) is 10.9. The van der Waals surface area contributed by atoms with E-state index in [2.05, 4.69) is 20.4 Å². The molecule has 0 unspecified atom stereocenters. The molecule has 0 saturated carbocycles. The lowest BCUT2D eigenvalue weighted by atomic mass is 10.4. The second kappa shape index (κ2) is 3.81. The third-order valence-corrected chi connectivity index (χ3v) is 3.42. The molecule has 0 atom stereocenters. The highest BCUT2D eigenvalue weighted by molar-refractivity contribution is 7.17. The summed E-state index contributed by atoms with van der Waals surface area (Å²) in [5.74, 6) is 0.834. The van der Waals surface area contributed by atoms with Crippen LogP contribution in [0.15, 0.2) is 24.0 Å². The minimum Gasteiger partial charge on any atom is -0.336 e. The van der Waals surface area contributed by atoms with Crippen molar-refractivity contribution in [3.63, 3.8) is 0 Å². The maximum atomic E-state index is 4.29. The molecular weight excluding hydrogens is 234 g/mol. The van der Waals surface area contributed by atoms with Crippen molar-refractivity contribution in [1.82, 2.24) is 19.7 Å². The second-order valence-corrected chi connectivity index (χ2v) is 4.70. The number of fused-ring (bicyclic) bond motifs is 1. The fraction of sp³-hybridized carbons (Fsp3) is 0.182. The van der Waals surface area contributed by atoms with E-state index < -0.39 is 0 Å². The summed E-state index contributed by atoms with van der Waals surface area (Å²) in [6.45, 7) is 1.97. The van der Waals surface area contributed by atoms with Gasteiger partial charge < -0.3 is 5.32 Å². The molecule has 3 aromatic heterocycles. The van der Waals surface area contributed by atoms with Crippen LogP contribution in [0.2, 0.25) is 0 Å². The molecule has 6 heteroatoms. The van der Waals surface area contributed by atoms with Crippen molar-refractivity contribution in [2.75, 3.05) is 5.32 Å². The largest absolute Gasteiger partial charge is 0.336 e. The van der Waals surface area contributed by atoms with E-state index in [-0.39, 0.29) is 0 Å². The molecule has 0 bridgehead atoms. The predicted octanol–water partition coefficient (Wildman–Crippen LogP) is 2.48. The summed E-state index contributed by atoms with van der Waals surface area (Å²) < 4.78 is 2.85. The Balaban J connectivity index is 2.05. The maximum Gasteiger partial charge on any atom is 0.151 e. The summed E-state index contributed by atoms with van der Waals surface area (Å²) in [7, 11) is 1.90. The Morgan fingerprint density at radius 2 is 2.24 bits per heavy atom. The van der Waals surface area contributed by atoms with E-state index in [0.29, 0.717) is 0 Å². The lowest BCUT2D eigenvalue weighted by Gasteiger charge is -2.03. The number of nitrogens with one attached hydrogen (secondary N) is 1. The van der Waals surface area contributed by atoms with E-state index in [1.165, 1.54) is 0 Å². The van der Waals surface area contributed by atoms with Crippen molar-refractivity contribution < 1.29 is 0 Å². The first-order chi connectivity index (χ1) is 8.24. The van der Waals surface area contributed by atoms with Gasteiger partial charge in [-0.05, 0) is 18.4 Å². The molecule has 0 aliphatic heterocycles. The van der Waals surface area contributed by atoms with Crippen LogP contribution in [0.1, 0.15) is 5.69 Å². The number of aryl methyl sites for hydroxylation is 2. The lowest BCUT2D eigenvalue weighted by Crippen LogP contribution is -1.94. The highest BCUT2D eigenvalue weighted by Gasteiger charge is 2.08. The molecule has 1 N–H and O–H groups in total. The van der Waals surface area contributed by atoms with Gasteiger partial charge in [-0.3, -0.25) is 4.68 Å². The van der Waals surface area contributed by atoms with Crippen LogP contribution in [-0.2, 0) is 7.05 Å². The van der Waals surface area contributed by atoms with Gasteiger partial charge in [0, 0.05) is 13.2 Å². The van der Waals surface area contributed by atoms with Gasteiger partial charge in [0.25, 0.3) is 0 Å². The predicted molar refractivity (Wildman–Crippen MR) is 68.6 cm³/mol. The van der Waals surface area contributed by atoms with Gasteiger partial charge in [-0.2, -0.15) is 5.10 Å². The number of thiophene rings is 1. The van der Waals surface area contributed by atoms with Gasteiger partial charge in [-0.25, -0.2) is 9.97 Å². The van der Waals surface area contributed by atoms with Crippen LogP contribution in [0.5, 0.6) is 0 Å². The Labute approximate surface area is 102 Å². The molecule has 0 radical (unpaired) electrons. The van der Waals surface area contributed by atoms with E-state index in [1.54, 1.807) is 22.3 Å². The van der Waals surface area contributed by atoms with Crippen LogP contribution < -0.4 is 5.32 Å². The number of rotatable bonds is 2. The minimum absolute atomic E-state index is 0.834. The number of hydrogen-bond donors (Lipinski definition) is 1. The summed E-state index contributed by atoms with van der Waals surface area (Å²) in [4.78, 5) is 8.49. The van der Waals surface area contributed by atoms with Crippen LogP contribution in [0.4, 0.5) is 11.5 Å². The Hall–Kier alpha value is -1.95. The average Bonchev–Trinajstić information content (AvgIpc) is 2.87. The van der Waals surface area contributed by atoms with E-state index in [0.717, 1.165) is 27.4 Å². The fourth-order valence-corrected chi connectivity index (χ4v) is 2.52. The van der Waals surface area contributed by atoms with Crippen LogP contribution >= 0.6 is 11.3 Å². The van der Waals surface area contributed by atoms with Crippen LogP contribution in [0.25, 0.3) is 10.2 Å². The minimum atomic E-state index is 0.834. The van der Waals surface area contributed by atoms with Crippen molar-refractivity contribution in [2.45, 2.75) is 6.92 Å². The zero-order valence-corrected chi connectivity index (χ0v) is 10.3. The number of aromatic nitrogens is 4. The van der Waals surface area contributed by atoms with Crippen LogP contribution in [-0.4, -0.2) is 19.7 Å². The van der Waals surface area contributed by atoms with Crippen LogP contribution in [0.3, 0.4) is 0 Å². The van der Waals surface area contributed by atoms with Gasteiger partial charge in [0.1, 0.15) is 6.33 Å². The quantitative estimate of drug-likeness (QED) is 0.753. The van der Waals surface area contributed by atoms with E-state index in [1.807, 2.05) is 31.6 Å². The Kier molecular flexibility index (Phi) is 2.29. The molecule has 3 heterocycles. The monoisotopic (exact) mass is 245 g/mol. The Morgan fingerprint density at radius 1 is 1.35 bits per heavy atom. The third-order valence-electron chi connectivity index (χ3n) is 2.51. The highest BCUT2D eigenvalue weighted by atomic mass is 32.1. The molecule has 17 heavy (non-hydrogen) atoms. The van der Waals surface area contributed by atoms with Gasteiger partial charge in [0.15, 0.2) is 5.82 Å². The molecule has 0 aliphatic rings. The molecule has 0 amide bonds. The fourth-order valence-electron chi connectivity index (χ4n) is 1.73. The van der Waals surface area contributed by atoms with Gasteiger partial charge in [-0.15, -0.1) is 11.3 Å². The van der Waals surface area contributed by atoms with Crippen molar-refractivity contribution in [3.8, 4) is 0 Å². The van der Waals surface area contributed by atoms with Crippen molar-refractivity contribution in [1.29, 1.82) is 0 Å². The number of nitrogens with zero attached hydrogens (tertiary/aromatic N) is 4. The molecule has 3 rings (SSSR count). The first kappa shape index (κ1) is 10.2. The molecule has 0 saturated heterocycles. The Bertz CT molecular complexity index is 669. The maximum absolute atomic E-state index is 4.29. The topological polar surface area (TPSA) is 55.6 Å². The van der Waals surface area contributed by atoms with Crippen LogP contribution in [0, 0.1) is 6.92 Å². The molecule has 3 aromatic rings. The highest BCUT2D eigenvalue weighted by Crippen LogP contribution is 2.28. The van der Waals surface area contributed by atoms with E-state index >= 15 is 0 Å². The van der Waals surface area contributed by atoms with Crippen molar-refractivity contribution in [3.05, 3.63) is 29.7 Å². The number of anilines is 2. The molecule has 5 nitrogen and oxygen atoms in total. The van der Waals surface area contributed by atoms with E-state index in [4.69, 9.17) is 0 Å². The molecular formula is C11H11N5S. The molecule has 0 aromatic carbocycles. The molecule has 0 spiro atoms. The first-order valence-corrected chi connectivity index (χ1v) is 6.07. The van der Waals surface area contributed by atoms with Crippen molar-refractivity contribution >= 4 is 33.1 Å². The SMILES string of the molecule is Cc1nn(C)cc1Nc1ncnc2ccsc12. The van der Waals surface area contributed by atoms with Crippen molar-refractivity contribution in [2.24, 2.45) is 7.05 Å². The summed E-state index contributed by atoms with van der Waals surface area (Å²) in [6.07, 6.45) is 3.51. The standard InChI is InChI=1S/C11H11N5S/c1-7-9(5-16(2)15-7)14-11-10-8(3-4-17-10)12-6-13-11/h3-6H,1-2H3,(H,12,13,14). The Morgan fingerprint density at radius 3 is 3.00 bits per heavy atom. The van der Waals surface area contributed by atoms with E-state index in [9.17, 15) is 0 Å². The summed E-state index contributed by atoms with van der Waals surface area (Å²) in [5.41, 5.74) is 2.89. The molecule has 86 valence electrons. The van der Waals surface area contributed by atoms with Gasteiger partial charge >= 0.3 is 0 Å². The molecule has 0 aliphatic carbocycles. The molecule has 0 fully saturated rings. The average molecular weight is 245 g/mol. The first-order valence-electron chi connectivity index (χ1n) is 5.19. The third kappa shape index (κ3) is 1.76. The summed E-state index contributed by atoms with van der Waals surface area (Å²) in [6, 6.07) is 1.99. The number of hydrogen-bond acceptors (Lipinski definition) is 5. The summed E-state index contributed by atoms with van der Waals surface area (Å²) in [5, 5.41) is 9.60. The zero-order valence-electron chi connectivity index (χ0n) is 9.51. The van der Waals surface area contributed by atoms with Gasteiger partial charge in [-0.1, -0.05) is 0 Å². The second-order valence-electron chi connectivity index (χ2n) is 3.78. The smallest absolute Gasteiger partial charge is 0.151 e. The summed E-state index contributed by atoms with van der Waals surface area (Å²) >= 11 is 1.63. The zero-order chi connectivity index (χ0) is 11.8. The van der Waals surface area contributed by atoms with Gasteiger partial charge in [0.05, 0.1) is 21.6 Å². The lowest BCUT2D eigenvalue weighted by molar-refractivity contribution is 0.756. The van der Waals surface area contributed by atoms with Gasteiger partial charge in [0.2, 0.25) is 0 Å².